The van der Waals surface area contributed by atoms with E-state index in [0.29, 0.717) is 30.8 Å². The minimum absolute atomic E-state index is 0.340. The van der Waals surface area contributed by atoms with Crippen molar-refractivity contribution in [3.05, 3.63) is 11.9 Å². The Labute approximate surface area is 75.9 Å². The molecular formula is C8H11N3O2. The fourth-order valence-electron chi connectivity index (χ4n) is 1.17. The Morgan fingerprint density at radius 3 is 2.85 bits per heavy atom. The van der Waals surface area contributed by atoms with Gasteiger partial charge in [0.15, 0.2) is 5.82 Å². The summed E-state index contributed by atoms with van der Waals surface area (Å²) in [5.74, 6) is 1.07. The van der Waals surface area contributed by atoms with Gasteiger partial charge in [-0.3, -0.25) is 0 Å². The Morgan fingerprint density at radius 2 is 2.38 bits per heavy atom. The van der Waals surface area contributed by atoms with Crippen LogP contribution in [0.4, 0.5) is 5.82 Å². The minimum Gasteiger partial charge on any atom is -0.478 e. The van der Waals surface area contributed by atoms with Crippen molar-refractivity contribution in [2.24, 2.45) is 0 Å². The van der Waals surface area contributed by atoms with Crippen LogP contribution in [0.2, 0.25) is 0 Å². The number of hydrogen-bond donors (Lipinski definition) is 1. The molecule has 70 valence electrons. The fourth-order valence-corrected chi connectivity index (χ4v) is 1.17. The smallest absolute Gasteiger partial charge is 0.256 e. The van der Waals surface area contributed by atoms with Gasteiger partial charge in [0.05, 0.1) is 32.2 Å². The molecule has 5 heteroatoms. The monoisotopic (exact) mass is 181 g/mol. The molecule has 2 N–H and O–H groups in total. The minimum atomic E-state index is 0.340. The first-order valence-corrected chi connectivity index (χ1v) is 4.05. The maximum Gasteiger partial charge on any atom is 0.256 e. The van der Waals surface area contributed by atoms with Crippen molar-refractivity contribution in [3.8, 4) is 5.88 Å². The number of hydrogen-bond acceptors (Lipinski definition) is 5. The quantitative estimate of drug-likeness (QED) is 0.704. The fraction of sp³-hybridized carbons (Fsp3) is 0.500. The van der Waals surface area contributed by atoms with Crippen molar-refractivity contribution in [3.63, 3.8) is 0 Å². The highest BCUT2D eigenvalue weighted by molar-refractivity contribution is 5.40. The van der Waals surface area contributed by atoms with Crippen LogP contribution in [0.15, 0.2) is 6.20 Å². The van der Waals surface area contributed by atoms with E-state index in [9.17, 15) is 0 Å². The molecule has 0 atom stereocenters. The van der Waals surface area contributed by atoms with Crippen molar-refractivity contribution in [1.82, 2.24) is 9.97 Å². The molecule has 1 fully saturated rings. The Morgan fingerprint density at radius 1 is 1.62 bits per heavy atom. The Balaban J connectivity index is 2.24. The zero-order valence-corrected chi connectivity index (χ0v) is 7.36. The highest BCUT2D eigenvalue weighted by Crippen LogP contribution is 2.24. The summed E-state index contributed by atoms with van der Waals surface area (Å²) in [7, 11) is 1.52. The third-order valence-corrected chi connectivity index (χ3v) is 2.03. The van der Waals surface area contributed by atoms with Crippen LogP contribution in [0.5, 0.6) is 5.88 Å². The zero-order valence-electron chi connectivity index (χ0n) is 7.36. The summed E-state index contributed by atoms with van der Waals surface area (Å²) >= 11 is 0. The second-order valence-electron chi connectivity index (χ2n) is 2.92. The van der Waals surface area contributed by atoms with E-state index in [2.05, 4.69) is 9.97 Å². The predicted molar refractivity (Wildman–Crippen MR) is 46.6 cm³/mol. The topological polar surface area (TPSA) is 70.3 Å². The molecule has 1 saturated heterocycles. The molecule has 1 aliphatic rings. The first-order valence-electron chi connectivity index (χ1n) is 4.05. The molecule has 2 heterocycles. The van der Waals surface area contributed by atoms with Gasteiger partial charge in [-0.05, 0) is 0 Å². The van der Waals surface area contributed by atoms with E-state index in [-0.39, 0.29) is 0 Å². The van der Waals surface area contributed by atoms with Gasteiger partial charge in [0, 0.05) is 5.92 Å². The number of nitrogen functional groups attached to an aromatic ring is 1. The number of methoxy groups -OCH3 is 1. The van der Waals surface area contributed by atoms with Gasteiger partial charge >= 0.3 is 0 Å². The molecular weight excluding hydrogens is 170 g/mol. The van der Waals surface area contributed by atoms with Crippen LogP contribution in [0.25, 0.3) is 0 Å². The summed E-state index contributed by atoms with van der Waals surface area (Å²) in [5, 5.41) is 0. The number of rotatable bonds is 2. The van der Waals surface area contributed by atoms with Crippen LogP contribution in [-0.2, 0) is 4.74 Å². The van der Waals surface area contributed by atoms with Crippen LogP contribution >= 0.6 is 0 Å². The maximum absolute atomic E-state index is 5.61. The Kier molecular flexibility index (Phi) is 2.02. The zero-order chi connectivity index (χ0) is 9.26. The third-order valence-electron chi connectivity index (χ3n) is 2.03. The molecule has 0 bridgehead atoms. The summed E-state index contributed by atoms with van der Waals surface area (Å²) < 4.78 is 9.95. The van der Waals surface area contributed by atoms with Crippen molar-refractivity contribution in [2.75, 3.05) is 26.1 Å². The highest BCUT2D eigenvalue weighted by Gasteiger charge is 2.23. The van der Waals surface area contributed by atoms with Gasteiger partial charge in [0.2, 0.25) is 0 Å². The lowest BCUT2D eigenvalue weighted by Gasteiger charge is -2.25. The van der Waals surface area contributed by atoms with Crippen LogP contribution in [-0.4, -0.2) is 30.3 Å². The van der Waals surface area contributed by atoms with Crippen molar-refractivity contribution < 1.29 is 9.47 Å². The number of nitrogens with two attached hydrogens (primary N) is 1. The molecule has 5 nitrogen and oxygen atoms in total. The molecule has 0 saturated carbocycles. The SMILES string of the molecule is COc1ncc(C2COC2)nc1N. The van der Waals surface area contributed by atoms with E-state index < -0.39 is 0 Å². The molecule has 0 spiro atoms. The van der Waals surface area contributed by atoms with E-state index in [1.54, 1.807) is 6.20 Å². The summed E-state index contributed by atoms with van der Waals surface area (Å²) in [6.45, 7) is 1.42. The molecule has 0 aromatic carbocycles. The van der Waals surface area contributed by atoms with E-state index in [1.807, 2.05) is 0 Å². The molecule has 1 aromatic heterocycles. The van der Waals surface area contributed by atoms with E-state index in [1.165, 1.54) is 7.11 Å². The van der Waals surface area contributed by atoms with Crippen LogP contribution in [0, 0.1) is 0 Å². The number of nitrogens with zero attached hydrogens (tertiary/aromatic N) is 2. The lowest BCUT2D eigenvalue weighted by atomic mass is 10.1. The van der Waals surface area contributed by atoms with Gasteiger partial charge in [0.25, 0.3) is 5.88 Å². The van der Waals surface area contributed by atoms with Crippen LogP contribution in [0.1, 0.15) is 11.6 Å². The van der Waals surface area contributed by atoms with Crippen LogP contribution < -0.4 is 10.5 Å². The summed E-state index contributed by atoms with van der Waals surface area (Å²) in [6, 6.07) is 0. The summed E-state index contributed by atoms with van der Waals surface area (Å²) in [5.41, 5.74) is 6.49. The molecule has 0 radical (unpaired) electrons. The maximum atomic E-state index is 5.61. The summed E-state index contributed by atoms with van der Waals surface area (Å²) in [4.78, 5) is 8.21. The largest absolute Gasteiger partial charge is 0.478 e. The lowest BCUT2D eigenvalue weighted by Crippen LogP contribution is -2.26. The Bertz CT molecular complexity index is 312. The van der Waals surface area contributed by atoms with Crippen molar-refractivity contribution >= 4 is 5.82 Å². The highest BCUT2D eigenvalue weighted by atomic mass is 16.5. The van der Waals surface area contributed by atoms with Gasteiger partial charge in [-0.25, -0.2) is 9.97 Å². The van der Waals surface area contributed by atoms with Gasteiger partial charge in [0.1, 0.15) is 0 Å². The van der Waals surface area contributed by atoms with Crippen molar-refractivity contribution in [2.45, 2.75) is 5.92 Å². The molecule has 1 aromatic rings. The van der Waals surface area contributed by atoms with E-state index in [4.69, 9.17) is 15.2 Å². The van der Waals surface area contributed by atoms with Gasteiger partial charge in [-0.15, -0.1) is 0 Å². The van der Waals surface area contributed by atoms with Crippen molar-refractivity contribution in [1.29, 1.82) is 0 Å². The predicted octanol–water partition coefficient (Wildman–Crippen LogP) is 0.181. The van der Waals surface area contributed by atoms with Gasteiger partial charge < -0.3 is 15.2 Å². The Hall–Kier alpha value is -1.36. The van der Waals surface area contributed by atoms with E-state index in [0.717, 1.165) is 5.69 Å². The molecule has 13 heavy (non-hydrogen) atoms. The van der Waals surface area contributed by atoms with Gasteiger partial charge in [-0.1, -0.05) is 0 Å². The second-order valence-corrected chi connectivity index (χ2v) is 2.92. The average Bonchev–Trinajstić information content (AvgIpc) is 2.01. The molecule has 1 aliphatic heterocycles. The number of aromatic nitrogens is 2. The first-order chi connectivity index (χ1) is 6.31. The average molecular weight is 181 g/mol. The molecule has 0 amide bonds. The normalized spacial score (nSPS) is 16.7. The number of ether oxygens (including phenoxy) is 2. The first kappa shape index (κ1) is 8.25. The summed E-state index contributed by atoms with van der Waals surface area (Å²) in [6.07, 6.45) is 1.68. The standard InChI is InChI=1S/C8H11N3O2/c1-12-8-7(9)11-6(2-10-8)5-3-13-4-5/h2,5H,3-4H2,1H3,(H2,9,11). The number of anilines is 1. The molecule has 0 aliphatic carbocycles. The van der Waals surface area contributed by atoms with E-state index >= 15 is 0 Å². The molecule has 2 rings (SSSR count). The van der Waals surface area contributed by atoms with Crippen LogP contribution in [0.3, 0.4) is 0 Å². The third kappa shape index (κ3) is 1.42. The van der Waals surface area contributed by atoms with Gasteiger partial charge in [-0.2, -0.15) is 0 Å². The molecule has 0 unspecified atom stereocenters. The lowest BCUT2D eigenvalue weighted by molar-refractivity contribution is 0.00658. The second kappa shape index (κ2) is 3.18.